The van der Waals surface area contributed by atoms with Gasteiger partial charge in [-0.25, -0.2) is 0 Å². The molecule has 186 valence electrons. The van der Waals surface area contributed by atoms with Gasteiger partial charge in [0.2, 0.25) is 0 Å². The first kappa shape index (κ1) is 25.3. The summed E-state index contributed by atoms with van der Waals surface area (Å²) in [4.78, 5) is 0. The third-order valence-corrected chi connectivity index (χ3v) is 12.3. The lowest BCUT2D eigenvalue weighted by Crippen LogP contribution is -2.55. The second kappa shape index (κ2) is 9.33. The molecule has 4 aliphatic carbocycles. The molecular formula is C30H56OSi. The van der Waals surface area contributed by atoms with Crippen molar-refractivity contribution < 1.29 is 4.43 Å². The Morgan fingerprint density at radius 2 is 1.50 bits per heavy atom. The largest absolute Gasteiger partial charge is 0.415 e. The molecule has 4 rings (SSSR count). The van der Waals surface area contributed by atoms with Crippen molar-refractivity contribution in [3.63, 3.8) is 0 Å². The maximum Gasteiger partial charge on any atom is 0.184 e. The van der Waals surface area contributed by atoms with Gasteiger partial charge in [-0.05, 0) is 130 Å². The number of hydrogen-bond donors (Lipinski definition) is 0. The van der Waals surface area contributed by atoms with Crippen LogP contribution in [-0.4, -0.2) is 14.4 Å². The lowest BCUT2D eigenvalue weighted by molar-refractivity contribution is -0.130. The van der Waals surface area contributed by atoms with Crippen molar-refractivity contribution in [2.75, 3.05) is 0 Å². The fourth-order valence-electron chi connectivity index (χ4n) is 9.93. The minimum Gasteiger partial charge on any atom is -0.415 e. The van der Waals surface area contributed by atoms with Gasteiger partial charge in [0, 0.05) is 6.10 Å². The molecule has 0 amide bonds. The smallest absolute Gasteiger partial charge is 0.184 e. The lowest BCUT2D eigenvalue weighted by atomic mass is 9.44. The predicted octanol–water partition coefficient (Wildman–Crippen LogP) is 9.33. The van der Waals surface area contributed by atoms with Crippen LogP contribution in [0.4, 0.5) is 0 Å². The molecule has 1 unspecified atom stereocenters. The fraction of sp³-hybridized carbons (Fsp3) is 1.00. The van der Waals surface area contributed by atoms with Gasteiger partial charge in [-0.1, -0.05) is 53.9 Å². The zero-order chi connectivity index (χ0) is 23.3. The first-order valence-corrected chi connectivity index (χ1v) is 18.0. The van der Waals surface area contributed by atoms with Crippen LogP contribution in [0.2, 0.25) is 19.6 Å². The Hall–Kier alpha value is 0.177. The van der Waals surface area contributed by atoms with Crippen molar-refractivity contribution >= 4 is 8.32 Å². The van der Waals surface area contributed by atoms with E-state index in [0.29, 0.717) is 16.9 Å². The predicted molar refractivity (Wildman–Crippen MR) is 141 cm³/mol. The van der Waals surface area contributed by atoms with Gasteiger partial charge >= 0.3 is 0 Å². The van der Waals surface area contributed by atoms with Crippen LogP contribution < -0.4 is 0 Å². The quantitative estimate of drug-likeness (QED) is 0.344. The van der Waals surface area contributed by atoms with Crippen molar-refractivity contribution in [2.24, 2.45) is 52.3 Å². The number of rotatable bonds is 7. The van der Waals surface area contributed by atoms with E-state index in [0.717, 1.165) is 41.4 Å². The van der Waals surface area contributed by atoms with E-state index in [2.05, 4.69) is 54.3 Å². The molecule has 9 atom stereocenters. The molecule has 4 fully saturated rings. The lowest BCUT2D eigenvalue weighted by Gasteiger charge is -2.61. The average Bonchev–Trinajstić information content (AvgIpc) is 3.03. The van der Waals surface area contributed by atoms with E-state index in [-0.39, 0.29) is 0 Å². The third kappa shape index (κ3) is 4.80. The monoisotopic (exact) mass is 460 g/mol. The fourth-order valence-corrected chi connectivity index (χ4v) is 11.1. The van der Waals surface area contributed by atoms with Crippen LogP contribution in [0.5, 0.6) is 0 Å². The molecule has 0 saturated heterocycles. The zero-order valence-corrected chi connectivity index (χ0v) is 24.0. The van der Waals surface area contributed by atoms with Crippen LogP contribution in [0, 0.1) is 52.3 Å². The molecule has 32 heavy (non-hydrogen) atoms. The molecule has 0 aromatic rings. The molecule has 4 saturated carbocycles. The second-order valence-corrected chi connectivity index (χ2v) is 19.3. The van der Waals surface area contributed by atoms with Gasteiger partial charge in [-0.15, -0.1) is 0 Å². The molecule has 0 aromatic carbocycles. The highest BCUT2D eigenvalue weighted by atomic mass is 28.4. The highest BCUT2D eigenvalue weighted by Gasteiger charge is 2.60. The molecule has 0 N–H and O–H groups in total. The summed E-state index contributed by atoms with van der Waals surface area (Å²) >= 11 is 0. The molecular weight excluding hydrogens is 404 g/mol. The van der Waals surface area contributed by atoms with E-state index in [4.69, 9.17) is 4.43 Å². The van der Waals surface area contributed by atoms with Crippen molar-refractivity contribution in [3.8, 4) is 0 Å². The minimum atomic E-state index is -1.45. The first-order chi connectivity index (χ1) is 14.9. The van der Waals surface area contributed by atoms with E-state index in [1.165, 1.54) is 70.6 Å². The van der Waals surface area contributed by atoms with Crippen molar-refractivity contribution in [3.05, 3.63) is 0 Å². The summed E-state index contributed by atoms with van der Waals surface area (Å²) in [6.07, 6.45) is 18.1. The Kier molecular flexibility index (Phi) is 7.37. The van der Waals surface area contributed by atoms with E-state index >= 15 is 0 Å². The van der Waals surface area contributed by atoms with Gasteiger partial charge in [0.25, 0.3) is 0 Å². The van der Waals surface area contributed by atoms with Crippen molar-refractivity contribution in [1.82, 2.24) is 0 Å². The van der Waals surface area contributed by atoms with E-state index in [1.807, 2.05) is 0 Å². The summed E-state index contributed by atoms with van der Waals surface area (Å²) in [5.41, 5.74) is 1.18. The van der Waals surface area contributed by atoms with Gasteiger partial charge in [0.1, 0.15) is 0 Å². The maximum atomic E-state index is 6.72. The average molecular weight is 461 g/mol. The second-order valence-electron chi connectivity index (χ2n) is 14.8. The molecule has 0 heterocycles. The van der Waals surface area contributed by atoms with Crippen molar-refractivity contribution in [1.29, 1.82) is 0 Å². The Bertz CT molecular complexity index is 637. The molecule has 4 aliphatic rings. The Morgan fingerprint density at radius 3 is 2.19 bits per heavy atom. The van der Waals surface area contributed by atoms with Crippen LogP contribution in [0.25, 0.3) is 0 Å². The van der Waals surface area contributed by atoms with E-state index in [1.54, 1.807) is 6.42 Å². The van der Waals surface area contributed by atoms with Crippen LogP contribution >= 0.6 is 0 Å². The van der Waals surface area contributed by atoms with Crippen molar-refractivity contribution in [2.45, 2.75) is 137 Å². The van der Waals surface area contributed by atoms with Gasteiger partial charge in [-0.2, -0.15) is 0 Å². The molecule has 0 radical (unpaired) electrons. The summed E-state index contributed by atoms with van der Waals surface area (Å²) in [6.45, 7) is 20.0. The first-order valence-electron chi connectivity index (χ1n) is 14.6. The summed E-state index contributed by atoms with van der Waals surface area (Å²) in [5.74, 6) is 6.74. The van der Waals surface area contributed by atoms with Crippen LogP contribution in [0.1, 0.15) is 112 Å². The molecule has 1 nitrogen and oxygen atoms in total. The van der Waals surface area contributed by atoms with E-state index < -0.39 is 8.32 Å². The number of hydrogen-bond acceptors (Lipinski definition) is 1. The number of fused-ring (bicyclic) bond motifs is 5. The third-order valence-electron chi connectivity index (χ3n) is 11.3. The Labute approximate surface area is 202 Å². The Morgan fingerprint density at radius 1 is 0.812 bits per heavy atom. The van der Waals surface area contributed by atoms with Gasteiger partial charge in [0.15, 0.2) is 8.32 Å². The van der Waals surface area contributed by atoms with Crippen LogP contribution in [0.15, 0.2) is 0 Å². The summed E-state index contributed by atoms with van der Waals surface area (Å²) in [6, 6.07) is 0. The Balaban J connectivity index is 1.46. The van der Waals surface area contributed by atoms with Gasteiger partial charge in [-0.3, -0.25) is 0 Å². The normalized spacial score (nSPS) is 45.3. The minimum absolute atomic E-state index is 0.548. The summed E-state index contributed by atoms with van der Waals surface area (Å²) in [7, 11) is -1.45. The molecule has 0 spiro atoms. The highest BCUT2D eigenvalue weighted by molar-refractivity contribution is 6.69. The maximum absolute atomic E-state index is 6.72. The molecule has 2 heteroatoms. The molecule has 0 aliphatic heterocycles. The SMILES string of the molecule is CC(C)CCC[C@@H](C)[C@H]1CC[C@H]2[C@@H]3CC[C@H]4CCC(O[Si](C)(C)C)C[C@]4(C)[C@H]3CC[C@]12C. The highest BCUT2D eigenvalue weighted by Crippen LogP contribution is 2.68. The zero-order valence-electron chi connectivity index (χ0n) is 23.0. The van der Waals surface area contributed by atoms with Gasteiger partial charge < -0.3 is 4.43 Å². The van der Waals surface area contributed by atoms with Crippen LogP contribution in [-0.2, 0) is 4.43 Å². The van der Waals surface area contributed by atoms with E-state index in [9.17, 15) is 0 Å². The van der Waals surface area contributed by atoms with Gasteiger partial charge in [0.05, 0.1) is 0 Å². The topological polar surface area (TPSA) is 9.23 Å². The summed E-state index contributed by atoms with van der Waals surface area (Å²) in [5, 5.41) is 0. The standard InChI is InChI=1S/C30H56OSi/c1-21(2)10-9-11-22(3)26-16-17-27-25-15-13-23-12-14-24(31-32(6,7)8)20-30(23,5)28(25)18-19-29(26,27)4/h21-28H,9-20H2,1-8H3/t22-,23-,24?,25+,26-,27+,28+,29-,30+/m1/s1. The molecule has 0 aromatic heterocycles. The van der Waals surface area contributed by atoms with Crippen LogP contribution in [0.3, 0.4) is 0 Å². The molecule has 0 bridgehead atoms. The summed E-state index contributed by atoms with van der Waals surface area (Å²) < 4.78 is 6.72.